The summed E-state index contributed by atoms with van der Waals surface area (Å²) in [6.07, 6.45) is 0. The first-order chi connectivity index (χ1) is 8.99. The summed E-state index contributed by atoms with van der Waals surface area (Å²) in [4.78, 5) is 12.7. The monoisotopic (exact) mass is 391 g/mol. The van der Waals surface area contributed by atoms with Crippen molar-refractivity contribution in [2.24, 2.45) is 0 Å². The molecule has 2 rings (SSSR count). The van der Waals surface area contributed by atoms with E-state index < -0.39 is 0 Å². The Morgan fingerprint density at radius 1 is 1.47 bits per heavy atom. The molecule has 0 aliphatic rings. The van der Waals surface area contributed by atoms with Gasteiger partial charge in [-0.1, -0.05) is 18.3 Å². The van der Waals surface area contributed by atoms with Crippen LogP contribution in [0.2, 0.25) is 0 Å². The highest BCUT2D eigenvalue weighted by Crippen LogP contribution is 2.23. The minimum atomic E-state index is -0.329. The van der Waals surface area contributed by atoms with Crippen LogP contribution in [0.15, 0.2) is 18.2 Å². The molecule has 19 heavy (non-hydrogen) atoms. The number of hydrogen-bond donors (Lipinski definition) is 1. The van der Waals surface area contributed by atoms with E-state index in [-0.39, 0.29) is 17.6 Å². The highest BCUT2D eigenvalue weighted by Gasteiger charge is 2.19. The Balaban J connectivity index is 2.23. The third-order valence-electron chi connectivity index (χ3n) is 2.45. The van der Waals surface area contributed by atoms with Crippen molar-refractivity contribution in [3.8, 4) is 0 Å². The van der Waals surface area contributed by atoms with Crippen LogP contribution in [0.5, 0.6) is 0 Å². The van der Waals surface area contributed by atoms with Crippen molar-refractivity contribution in [2.45, 2.75) is 19.8 Å². The zero-order valence-corrected chi connectivity index (χ0v) is 13.3. The lowest BCUT2D eigenvalue weighted by atomic mass is 10.1. The standard InChI is InChI=1S/C12H11FIN3OS/c1-6(2)10-11(19-17-16-10)12(18)15-9-4-3-7(13)5-8(9)14/h3-6H,1-2H3,(H,15,18). The van der Waals surface area contributed by atoms with Crippen LogP contribution in [-0.4, -0.2) is 15.5 Å². The normalized spacial score (nSPS) is 10.8. The van der Waals surface area contributed by atoms with Crippen LogP contribution in [0.4, 0.5) is 10.1 Å². The molecular formula is C12H11FIN3OS. The maximum Gasteiger partial charge on any atom is 0.269 e. The number of nitrogens with zero attached hydrogens (tertiary/aromatic N) is 2. The molecule has 0 aliphatic carbocycles. The van der Waals surface area contributed by atoms with Crippen LogP contribution in [-0.2, 0) is 0 Å². The average molecular weight is 391 g/mol. The second-order valence-corrected chi connectivity index (χ2v) is 6.14. The predicted molar refractivity (Wildman–Crippen MR) is 81.1 cm³/mol. The van der Waals surface area contributed by atoms with Crippen molar-refractivity contribution in [1.82, 2.24) is 9.59 Å². The van der Waals surface area contributed by atoms with Crippen molar-refractivity contribution >= 4 is 45.7 Å². The Morgan fingerprint density at radius 2 is 2.21 bits per heavy atom. The van der Waals surface area contributed by atoms with Crippen LogP contribution in [0.3, 0.4) is 0 Å². The minimum absolute atomic E-state index is 0.131. The van der Waals surface area contributed by atoms with Gasteiger partial charge in [-0.2, -0.15) is 0 Å². The van der Waals surface area contributed by atoms with Crippen LogP contribution in [0, 0.1) is 9.39 Å². The first-order valence-corrected chi connectivity index (χ1v) is 7.43. The van der Waals surface area contributed by atoms with E-state index >= 15 is 0 Å². The molecule has 0 atom stereocenters. The highest BCUT2D eigenvalue weighted by molar-refractivity contribution is 14.1. The first kappa shape index (κ1) is 14.3. The van der Waals surface area contributed by atoms with Crippen LogP contribution in [0.25, 0.3) is 0 Å². The SMILES string of the molecule is CC(C)c1nnsc1C(=O)Nc1ccc(F)cc1I. The Kier molecular flexibility index (Phi) is 4.46. The number of halogens is 2. The fourth-order valence-electron chi connectivity index (χ4n) is 1.50. The van der Waals surface area contributed by atoms with Gasteiger partial charge in [0.1, 0.15) is 10.7 Å². The minimum Gasteiger partial charge on any atom is -0.320 e. The fraction of sp³-hybridized carbons (Fsp3) is 0.250. The molecule has 0 fully saturated rings. The summed E-state index contributed by atoms with van der Waals surface area (Å²) in [6.45, 7) is 3.91. The van der Waals surface area contributed by atoms with E-state index in [9.17, 15) is 9.18 Å². The van der Waals surface area contributed by atoms with Gasteiger partial charge in [-0.05, 0) is 58.2 Å². The average Bonchev–Trinajstić information content (AvgIpc) is 2.82. The molecule has 1 aromatic carbocycles. The van der Waals surface area contributed by atoms with Crippen LogP contribution in [0.1, 0.15) is 35.1 Å². The van der Waals surface area contributed by atoms with Gasteiger partial charge in [0.05, 0.1) is 11.4 Å². The van der Waals surface area contributed by atoms with E-state index in [1.807, 2.05) is 36.4 Å². The third-order valence-corrected chi connectivity index (χ3v) is 4.08. The second kappa shape index (κ2) is 5.91. The molecule has 4 nitrogen and oxygen atoms in total. The van der Waals surface area contributed by atoms with Gasteiger partial charge in [0.2, 0.25) is 0 Å². The zero-order chi connectivity index (χ0) is 14.0. The number of aromatic nitrogens is 2. The van der Waals surface area contributed by atoms with Crippen molar-refractivity contribution < 1.29 is 9.18 Å². The number of amides is 1. The summed E-state index contributed by atoms with van der Waals surface area (Å²) in [6, 6.07) is 4.22. The number of hydrogen-bond acceptors (Lipinski definition) is 4. The topological polar surface area (TPSA) is 54.9 Å². The van der Waals surface area contributed by atoms with Crippen molar-refractivity contribution in [2.75, 3.05) is 5.32 Å². The van der Waals surface area contributed by atoms with Gasteiger partial charge in [-0.15, -0.1) is 5.10 Å². The third kappa shape index (κ3) is 3.27. The molecule has 0 saturated heterocycles. The number of carbonyl (C=O) groups is 1. The molecule has 0 bridgehead atoms. The molecule has 1 amide bonds. The lowest BCUT2D eigenvalue weighted by Crippen LogP contribution is -2.14. The lowest BCUT2D eigenvalue weighted by Gasteiger charge is -2.07. The number of anilines is 1. The first-order valence-electron chi connectivity index (χ1n) is 5.57. The molecule has 1 heterocycles. The smallest absolute Gasteiger partial charge is 0.269 e. The summed E-state index contributed by atoms with van der Waals surface area (Å²) >= 11 is 3.04. The van der Waals surface area contributed by atoms with E-state index in [0.717, 1.165) is 11.5 Å². The van der Waals surface area contributed by atoms with E-state index in [2.05, 4.69) is 14.9 Å². The Hall–Kier alpha value is -1.09. The number of nitrogens with one attached hydrogen (secondary N) is 1. The van der Waals surface area contributed by atoms with Gasteiger partial charge in [0.25, 0.3) is 5.91 Å². The van der Waals surface area contributed by atoms with Gasteiger partial charge in [-0.25, -0.2) is 4.39 Å². The maximum atomic E-state index is 13.0. The van der Waals surface area contributed by atoms with Crippen molar-refractivity contribution in [3.63, 3.8) is 0 Å². The number of rotatable bonds is 3. The zero-order valence-electron chi connectivity index (χ0n) is 10.3. The molecule has 0 unspecified atom stereocenters. The van der Waals surface area contributed by atoms with E-state index in [0.29, 0.717) is 19.8 Å². The molecule has 100 valence electrons. The Labute approximate surface area is 127 Å². The molecule has 0 aliphatic heterocycles. The number of benzene rings is 1. The summed E-state index contributed by atoms with van der Waals surface area (Å²) in [5.41, 5.74) is 1.26. The Bertz CT molecular complexity index is 615. The lowest BCUT2D eigenvalue weighted by molar-refractivity contribution is 0.102. The van der Waals surface area contributed by atoms with E-state index in [1.54, 1.807) is 6.07 Å². The summed E-state index contributed by atoms with van der Waals surface area (Å²) in [5.74, 6) is -0.459. The maximum absolute atomic E-state index is 13.0. The molecular weight excluding hydrogens is 380 g/mol. The van der Waals surface area contributed by atoms with Gasteiger partial charge in [0, 0.05) is 3.57 Å². The fourth-order valence-corrected chi connectivity index (χ4v) is 2.83. The predicted octanol–water partition coefficient (Wildman–Crippen LogP) is 3.66. The molecule has 2 aromatic rings. The van der Waals surface area contributed by atoms with Crippen LogP contribution < -0.4 is 5.32 Å². The van der Waals surface area contributed by atoms with Gasteiger partial charge >= 0.3 is 0 Å². The van der Waals surface area contributed by atoms with Gasteiger partial charge in [0.15, 0.2) is 0 Å². The van der Waals surface area contributed by atoms with Crippen molar-refractivity contribution in [3.05, 3.63) is 38.2 Å². The van der Waals surface area contributed by atoms with Gasteiger partial charge in [-0.3, -0.25) is 4.79 Å². The van der Waals surface area contributed by atoms with Gasteiger partial charge < -0.3 is 5.32 Å². The Morgan fingerprint density at radius 3 is 2.84 bits per heavy atom. The molecule has 0 radical (unpaired) electrons. The van der Waals surface area contributed by atoms with E-state index in [1.165, 1.54) is 12.1 Å². The highest BCUT2D eigenvalue weighted by atomic mass is 127. The number of carbonyl (C=O) groups excluding carboxylic acids is 1. The largest absolute Gasteiger partial charge is 0.320 e. The van der Waals surface area contributed by atoms with Crippen molar-refractivity contribution in [1.29, 1.82) is 0 Å². The van der Waals surface area contributed by atoms with Crippen LogP contribution >= 0.6 is 34.1 Å². The molecule has 1 aromatic heterocycles. The van der Waals surface area contributed by atoms with E-state index in [4.69, 9.17) is 0 Å². The second-order valence-electron chi connectivity index (χ2n) is 4.22. The quantitative estimate of drug-likeness (QED) is 0.813. The summed E-state index contributed by atoms with van der Waals surface area (Å²) in [7, 11) is 0. The molecule has 7 heteroatoms. The molecule has 0 saturated carbocycles. The summed E-state index contributed by atoms with van der Waals surface area (Å²) in [5, 5.41) is 6.71. The molecule has 1 N–H and O–H groups in total. The summed E-state index contributed by atoms with van der Waals surface area (Å²) < 4.78 is 17.5. The molecule has 0 spiro atoms.